The van der Waals surface area contributed by atoms with Crippen LogP contribution in [0, 0.1) is 5.82 Å². The van der Waals surface area contributed by atoms with Crippen LogP contribution in [0.4, 0.5) is 9.18 Å². The Labute approximate surface area is 106 Å². The number of aliphatic hydroxyl groups is 1. The van der Waals surface area contributed by atoms with Gasteiger partial charge in [-0.05, 0) is 31.9 Å². The number of aliphatic hydroxyl groups excluding tert-OH is 1. The number of halogens is 1. The van der Waals surface area contributed by atoms with Crippen LogP contribution in [0.2, 0.25) is 0 Å². The average molecular weight is 254 g/mol. The van der Waals surface area contributed by atoms with Crippen molar-refractivity contribution < 1.29 is 14.3 Å². The molecule has 1 aromatic rings. The van der Waals surface area contributed by atoms with E-state index in [1.807, 2.05) is 0 Å². The van der Waals surface area contributed by atoms with Gasteiger partial charge in [-0.1, -0.05) is 18.2 Å². The highest BCUT2D eigenvalue weighted by Crippen LogP contribution is 2.06. The summed E-state index contributed by atoms with van der Waals surface area (Å²) in [4.78, 5) is 11.5. The summed E-state index contributed by atoms with van der Waals surface area (Å²) in [6.45, 7) is 3.62. The largest absolute Gasteiger partial charge is 0.394 e. The molecule has 0 aliphatic rings. The number of carbonyl (C=O) groups is 1. The minimum atomic E-state index is -0.665. The standard InChI is InChI=1S/C13H19FN2O2/c1-13(2,9-17)16-12(18)15-8-7-10-5-3-4-6-11(10)14/h3-6,17H,7-9H2,1-2H3,(H2,15,16,18). The van der Waals surface area contributed by atoms with Gasteiger partial charge < -0.3 is 15.7 Å². The Hall–Kier alpha value is -1.62. The van der Waals surface area contributed by atoms with Gasteiger partial charge in [0.15, 0.2) is 0 Å². The molecular formula is C13H19FN2O2. The van der Waals surface area contributed by atoms with E-state index in [-0.39, 0.29) is 18.5 Å². The van der Waals surface area contributed by atoms with Gasteiger partial charge in [0.05, 0.1) is 12.1 Å². The van der Waals surface area contributed by atoms with Gasteiger partial charge >= 0.3 is 6.03 Å². The van der Waals surface area contributed by atoms with E-state index in [1.165, 1.54) is 6.07 Å². The van der Waals surface area contributed by atoms with Crippen molar-refractivity contribution in [3.05, 3.63) is 35.6 Å². The van der Waals surface area contributed by atoms with E-state index in [4.69, 9.17) is 5.11 Å². The molecular weight excluding hydrogens is 235 g/mol. The van der Waals surface area contributed by atoms with Crippen molar-refractivity contribution in [1.82, 2.24) is 10.6 Å². The van der Waals surface area contributed by atoms with E-state index in [9.17, 15) is 9.18 Å². The molecule has 0 saturated carbocycles. The van der Waals surface area contributed by atoms with Gasteiger partial charge in [-0.2, -0.15) is 0 Å². The van der Waals surface area contributed by atoms with Crippen molar-refractivity contribution >= 4 is 6.03 Å². The summed E-state index contributed by atoms with van der Waals surface area (Å²) in [6, 6.07) is 6.10. The molecule has 0 atom stereocenters. The maximum Gasteiger partial charge on any atom is 0.315 e. The monoisotopic (exact) mass is 254 g/mol. The van der Waals surface area contributed by atoms with E-state index in [0.717, 1.165) is 0 Å². The van der Waals surface area contributed by atoms with Crippen LogP contribution >= 0.6 is 0 Å². The Kier molecular flexibility index (Phi) is 5.09. The van der Waals surface area contributed by atoms with E-state index in [1.54, 1.807) is 32.0 Å². The fourth-order valence-electron chi connectivity index (χ4n) is 1.40. The first-order valence-corrected chi connectivity index (χ1v) is 5.85. The van der Waals surface area contributed by atoms with Gasteiger partial charge in [-0.3, -0.25) is 0 Å². The zero-order chi connectivity index (χ0) is 13.6. The van der Waals surface area contributed by atoms with Crippen LogP contribution in [0.25, 0.3) is 0 Å². The minimum absolute atomic E-state index is 0.145. The first-order valence-electron chi connectivity index (χ1n) is 5.85. The number of nitrogens with one attached hydrogen (secondary N) is 2. The lowest BCUT2D eigenvalue weighted by Crippen LogP contribution is -2.50. The third-order valence-corrected chi connectivity index (χ3v) is 2.48. The molecule has 0 heterocycles. The summed E-state index contributed by atoms with van der Waals surface area (Å²) in [5.74, 6) is -0.268. The summed E-state index contributed by atoms with van der Waals surface area (Å²) in [5, 5.41) is 14.2. The molecule has 0 fully saturated rings. The quantitative estimate of drug-likeness (QED) is 0.744. The summed E-state index contributed by atoms with van der Waals surface area (Å²) in [6.07, 6.45) is 0.430. The van der Waals surface area contributed by atoms with Crippen molar-refractivity contribution in [2.45, 2.75) is 25.8 Å². The van der Waals surface area contributed by atoms with Crippen LogP contribution in [0.5, 0.6) is 0 Å². The van der Waals surface area contributed by atoms with Gasteiger partial charge in [0.2, 0.25) is 0 Å². The molecule has 1 rings (SSSR count). The summed E-state index contributed by atoms with van der Waals surface area (Å²) >= 11 is 0. The van der Waals surface area contributed by atoms with Crippen molar-refractivity contribution in [2.24, 2.45) is 0 Å². The second-order valence-corrected chi connectivity index (χ2v) is 4.76. The van der Waals surface area contributed by atoms with Gasteiger partial charge in [0.1, 0.15) is 5.82 Å². The lowest BCUT2D eigenvalue weighted by molar-refractivity contribution is 0.182. The second kappa shape index (κ2) is 6.35. The van der Waals surface area contributed by atoms with Crippen LogP contribution in [0.15, 0.2) is 24.3 Å². The molecule has 1 aromatic carbocycles. The van der Waals surface area contributed by atoms with Gasteiger partial charge in [0.25, 0.3) is 0 Å². The van der Waals surface area contributed by atoms with E-state index >= 15 is 0 Å². The number of hydrogen-bond acceptors (Lipinski definition) is 2. The molecule has 0 spiro atoms. The molecule has 5 heteroatoms. The van der Waals surface area contributed by atoms with Crippen LogP contribution in [-0.2, 0) is 6.42 Å². The highest BCUT2D eigenvalue weighted by molar-refractivity contribution is 5.74. The normalized spacial score (nSPS) is 11.1. The van der Waals surface area contributed by atoms with Crippen molar-refractivity contribution in [3.8, 4) is 0 Å². The summed E-state index contributed by atoms with van der Waals surface area (Å²) < 4.78 is 13.3. The Morgan fingerprint density at radius 2 is 2.06 bits per heavy atom. The molecule has 0 unspecified atom stereocenters. The molecule has 2 amide bonds. The smallest absolute Gasteiger partial charge is 0.315 e. The van der Waals surface area contributed by atoms with Crippen LogP contribution in [0.1, 0.15) is 19.4 Å². The lowest BCUT2D eigenvalue weighted by atomic mass is 10.1. The molecule has 4 nitrogen and oxygen atoms in total. The maximum absolute atomic E-state index is 13.3. The first-order chi connectivity index (χ1) is 8.44. The van der Waals surface area contributed by atoms with Gasteiger partial charge in [-0.15, -0.1) is 0 Å². The molecule has 0 aromatic heterocycles. The highest BCUT2D eigenvalue weighted by atomic mass is 19.1. The molecule has 100 valence electrons. The number of rotatable bonds is 5. The van der Waals surface area contributed by atoms with E-state index in [0.29, 0.717) is 18.5 Å². The zero-order valence-electron chi connectivity index (χ0n) is 10.7. The Balaban J connectivity index is 2.34. The molecule has 18 heavy (non-hydrogen) atoms. The molecule has 0 saturated heterocycles. The number of urea groups is 1. The fraction of sp³-hybridized carbons (Fsp3) is 0.462. The zero-order valence-corrected chi connectivity index (χ0v) is 10.7. The van der Waals surface area contributed by atoms with Crippen molar-refractivity contribution in [2.75, 3.05) is 13.2 Å². The summed E-state index contributed by atoms with van der Waals surface area (Å²) in [7, 11) is 0. The third-order valence-electron chi connectivity index (χ3n) is 2.48. The van der Waals surface area contributed by atoms with Crippen LogP contribution in [0.3, 0.4) is 0 Å². The van der Waals surface area contributed by atoms with E-state index < -0.39 is 5.54 Å². The maximum atomic E-state index is 13.3. The van der Waals surface area contributed by atoms with Crippen molar-refractivity contribution in [3.63, 3.8) is 0 Å². The average Bonchev–Trinajstić information content (AvgIpc) is 2.31. The Bertz CT molecular complexity index is 408. The van der Waals surface area contributed by atoms with Crippen LogP contribution < -0.4 is 10.6 Å². The number of amides is 2. The predicted octanol–water partition coefficient (Wildman–Crippen LogP) is 1.44. The Morgan fingerprint density at radius 1 is 1.39 bits per heavy atom. The Morgan fingerprint density at radius 3 is 2.67 bits per heavy atom. The predicted molar refractivity (Wildman–Crippen MR) is 67.8 cm³/mol. The number of benzene rings is 1. The third kappa shape index (κ3) is 4.71. The lowest BCUT2D eigenvalue weighted by Gasteiger charge is -2.23. The highest BCUT2D eigenvalue weighted by Gasteiger charge is 2.18. The number of carbonyl (C=O) groups excluding carboxylic acids is 1. The molecule has 0 radical (unpaired) electrons. The molecule has 3 N–H and O–H groups in total. The van der Waals surface area contributed by atoms with Crippen molar-refractivity contribution in [1.29, 1.82) is 0 Å². The molecule has 0 bridgehead atoms. The minimum Gasteiger partial charge on any atom is -0.394 e. The first kappa shape index (κ1) is 14.4. The second-order valence-electron chi connectivity index (χ2n) is 4.76. The van der Waals surface area contributed by atoms with Gasteiger partial charge in [0, 0.05) is 6.54 Å². The number of hydrogen-bond donors (Lipinski definition) is 3. The fourth-order valence-corrected chi connectivity index (χ4v) is 1.40. The van der Waals surface area contributed by atoms with E-state index in [2.05, 4.69) is 10.6 Å². The SMILES string of the molecule is CC(C)(CO)NC(=O)NCCc1ccccc1F. The topological polar surface area (TPSA) is 61.4 Å². The summed E-state index contributed by atoms with van der Waals surface area (Å²) in [5.41, 5.74) is -0.0959. The molecule has 0 aliphatic carbocycles. The van der Waals surface area contributed by atoms with Crippen LogP contribution in [-0.4, -0.2) is 29.8 Å². The molecule has 0 aliphatic heterocycles. The van der Waals surface area contributed by atoms with Gasteiger partial charge in [-0.25, -0.2) is 9.18 Å².